The van der Waals surface area contributed by atoms with Crippen molar-refractivity contribution in [2.45, 2.75) is 13.8 Å². The summed E-state index contributed by atoms with van der Waals surface area (Å²) in [5, 5.41) is 0.398. The molecule has 0 saturated carbocycles. The lowest BCUT2D eigenvalue weighted by Crippen LogP contribution is -2.11. The van der Waals surface area contributed by atoms with E-state index in [1.807, 2.05) is 95.4 Å². The highest BCUT2D eigenvalue weighted by molar-refractivity contribution is 6.33. The van der Waals surface area contributed by atoms with Crippen LogP contribution in [0.2, 0.25) is 5.15 Å². The van der Waals surface area contributed by atoms with Gasteiger partial charge in [-0.15, -0.1) is 0 Å². The van der Waals surface area contributed by atoms with Gasteiger partial charge in [0.25, 0.3) is 5.56 Å². The fourth-order valence-electron chi connectivity index (χ4n) is 4.70. The van der Waals surface area contributed by atoms with Gasteiger partial charge in [-0.3, -0.25) is 13.6 Å². The van der Waals surface area contributed by atoms with E-state index in [1.165, 1.54) is 0 Å². The molecule has 0 aliphatic rings. The summed E-state index contributed by atoms with van der Waals surface area (Å²) in [6.07, 6.45) is 0. The molecule has 0 radical (unpaired) electrons. The van der Waals surface area contributed by atoms with Gasteiger partial charge in [0, 0.05) is 11.4 Å². The summed E-state index contributed by atoms with van der Waals surface area (Å²) < 4.78 is 3.78. The highest BCUT2D eigenvalue weighted by Crippen LogP contribution is 2.25. The lowest BCUT2D eigenvalue weighted by Gasteiger charge is -2.04. The molecular formula is C28H19ClN8O. The molecule has 6 heterocycles. The smallest absolute Gasteiger partial charge is 0.292 e. The Morgan fingerprint density at radius 3 is 1.89 bits per heavy atom. The van der Waals surface area contributed by atoms with Gasteiger partial charge in [0.05, 0.1) is 27.6 Å². The number of rotatable bonds is 0. The number of benzene rings is 2. The zero-order chi connectivity index (χ0) is 26.0. The van der Waals surface area contributed by atoms with Gasteiger partial charge in [-0.2, -0.15) is 0 Å². The van der Waals surface area contributed by atoms with Crippen LogP contribution in [-0.2, 0) is 0 Å². The molecule has 0 aliphatic heterocycles. The Balaban J connectivity index is 0.000000127. The molecule has 8 aromatic rings. The molecule has 0 unspecified atom stereocenters. The largest absolute Gasteiger partial charge is 0.316 e. The second-order valence-corrected chi connectivity index (χ2v) is 9.35. The predicted molar refractivity (Wildman–Crippen MR) is 149 cm³/mol. The molecule has 0 atom stereocenters. The average Bonchev–Trinajstić information content (AvgIpc) is 3.51. The molecular weight excluding hydrogens is 500 g/mol. The van der Waals surface area contributed by atoms with Crippen LogP contribution in [0.3, 0.4) is 0 Å². The third-order valence-corrected chi connectivity index (χ3v) is 6.66. The number of fused-ring (bicyclic) bond motifs is 10. The summed E-state index contributed by atoms with van der Waals surface area (Å²) in [6.45, 7) is 3.88. The second-order valence-electron chi connectivity index (χ2n) is 8.99. The van der Waals surface area contributed by atoms with Crippen molar-refractivity contribution in [2.24, 2.45) is 0 Å². The summed E-state index contributed by atoms with van der Waals surface area (Å²) in [5.41, 5.74) is 9.24. The molecule has 0 aliphatic carbocycles. The van der Waals surface area contributed by atoms with E-state index in [1.54, 1.807) is 0 Å². The first-order valence-electron chi connectivity index (χ1n) is 11.9. The predicted octanol–water partition coefficient (Wildman–Crippen LogP) is 5.42. The number of H-pyrrole nitrogens is 1. The van der Waals surface area contributed by atoms with Crippen molar-refractivity contribution in [1.29, 1.82) is 0 Å². The van der Waals surface area contributed by atoms with E-state index in [0.29, 0.717) is 22.0 Å². The van der Waals surface area contributed by atoms with Crippen LogP contribution in [0.5, 0.6) is 0 Å². The zero-order valence-electron chi connectivity index (χ0n) is 20.3. The van der Waals surface area contributed by atoms with Crippen molar-refractivity contribution in [3.05, 3.63) is 99.7 Å². The summed E-state index contributed by atoms with van der Waals surface area (Å²) >= 11 is 6.23. The Morgan fingerprint density at radius 2 is 1.18 bits per heavy atom. The van der Waals surface area contributed by atoms with Gasteiger partial charge >= 0.3 is 0 Å². The van der Waals surface area contributed by atoms with Gasteiger partial charge in [-0.1, -0.05) is 35.9 Å². The second kappa shape index (κ2) is 8.32. The van der Waals surface area contributed by atoms with Gasteiger partial charge < -0.3 is 4.98 Å². The maximum absolute atomic E-state index is 12.1. The standard InChI is InChI=1S/C14H9ClN4.C14H10N4O/c1-8-6-7-10-13(16-8)19-11-5-3-2-4-9(11)18-14(19)12(15)17-10;1-8-6-7-10-12(15-8)18-11-5-3-2-4-9(11)16-13(18)14(19)17-10/h2-7H,1H3;2-7H,1H3,(H,17,19). The van der Waals surface area contributed by atoms with E-state index in [0.717, 1.165) is 50.3 Å². The average molecular weight is 519 g/mol. The molecule has 2 aromatic carbocycles. The molecule has 0 amide bonds. The van der Waals surface area contributed by atoms with E-state index >= 15 is 0 Å². The van der Waals surface area contributed by atoms with E-state index in [4.69, 9.17) is 11.6 Å². The van der Waals surface area contributed by atoms with Crippen molar-refractivity contribution < 1.29 is 0 Å². The van der Waals surface area contributed by atoms with Crippen LogP contribution in [0.25, 0.3) is 55.7 Å². The summed E-state index contributed by atoms with van der Waals surface area (Å²) in [7, 11) is 0. The van der Waals surface area contributed by atoms with Crippen LogP contribution < -0.4 is 5.56 Å². The van der Waals surface area contributed by atoms with Gasteiger partial charge in [-0.05, 0) is 62.4 Å². The lowest BCUT2D eigenvalue weighted by molar-refractivity contribution is 1.12. The van der Waals surface area contributed by atoms with Gasteiger partial charge in [0.2, 0.25) is 5.65 Å². The SMILES string of the molecule is Cc1ccc2[nH]c(=O)c3nc4ccccc4n3c2n1.Cc1ccc2nc(Cl)c3nc4ccccc4n3c2n1. The maximum atomic E-state index is 12.1. The van der Waals surface area contributed by atoms with Crippen molar-refractivity contribution in [3.8, 4) is 0 Å². The molecule has 8 rings (SSSR count). The first kappa shape index (κ1) is 22.3. The Bertz CT molecular complexity index is 2260. The number of aromatic nitrogens is 8. The number of nitrogens with one attached hydrogen (secondary N) is 1. The first-order valence-corrected chi connectivity index (χ1v) is 12.3. The van der Waals surface area contributed by atoms with Crippen LogP contribution in [0.15, 0.2) is 77.6 Å². The number of hydrogen-bond acceptors (Lipinski definition) is 6. The Hall–Kier alpha value is -4.89. The van der Waals surface area contributed by atoms with E-state index < -0.39 is 0 Å². The van der Waals surface area contributed by atoms with Crippen LogP contribution in [0.1, 0.15) is 11.4 Å². The number of halogens is 1. The highest BCUT2D eigenvalue weighted by Gasteiger charge is 2.14. The van der Waals surface area contributed by atoms with E-state index in [9.17, 15) is 4.79 Å². The van der Waals surface area contributed by atoms with Crippen molar-refractivity contribution >= 4 is 67.3 Å². The fourth-order valence-corrected chi connectivity index (χ4v) is 4.92. The number of aryl methyl sites for hydroxylation is 2. The van der Waals surface area contributed by atoms with Crippen molar-refractivity contribution in [2.75, 3.05) is 0 Å². The number of pyridine rings is 2. The number of imidazole rings is 2. The fraction of sp³-hybridized carbons (Fsp3) is 0.0714. The summed E-state index contributed by atoms with van der Waals surface area (Å²) in [6, 6.07) is 23.2. The lowest BCUT2D eigenvalue weighted by atomic mass is 10.3. The van der Waals surface area contributed by atoms with Gasteiger partial charge in [0.15, 0.2) is 22.1 Å². The van der Waals surface area contributed by atoms with Crippen LogP contribution in [0.4, 0.5) is 0 Å². The minimum absolute atomic E-state index is 0.200. The molecule has 184 valence electrons. The van der Waals surface area contributed by atoms with E-state index in [2.05, 4.69) is 29.9 Å². The molecule has 9 nitrogen and oxygen atoms in total. The third-order valence-electron chi connectivity index (χ3n) is 6.41. The van der Waals surface area contributed by atoms with E-state index in [-0.39, 0.29) is 5.56 Å². The van der Waals surface area contributed by atoms with Crippen LogP contribution >= 0.6 is 11.6 Å². The summed E-state index contributed by atoms with van der Waals surface area (Å²) in [5.74, 6) is 0. The minimum atomic E-state index is -0.200. The first-order chi connectivity index (χ1) is 18.5. The van der Waals surface area contributed by atoms with Crippen LogP contribution in [-0.4, -0.2) is 38.7 Å². The number of aromatic amines is 1. The molecule has 1 N–H and O–H groups in total. The molecule has 0 fully saturated rings. The normalized spacial score (nSPS) is 11.7. The summed E-state index contributed by atoms with van der Waals surface area (Å²) in [4.78, 5) is 37.2. The quantitative estimate of drug-likeness (QED) is 0.287. The van der Waals surface area contributed by atoms with Crippen molar-refractivity contribution in [3.63, 3.8) is 0 Å². The Kier molecular flexibility index (Phi) is 4.89. The molecule has 0 saturated heterocycles. The molecule has 0 bridgehead atoms. The van der Waals surface area contributed by atoms with Gasteiger partial charge in [0.1, 0.15) is 5.52 Å². The molecule has 6 aromatic heterocycles. The van der Waals surface area contributed by atoms with Crippen LogP contribution in [0, 0.1) is 13.8 Å². The number of para-hydroxylation sites is 4. The molecule has 0 spiro atoms. The molecule has 10 heteroatoms. The van der Waals surface area contributed by atoms with Crippen molar-refractivity contribution in [1.82, 2.24) is 38.7 Å². The maximum Gasteiger partial charge on any atom is 0.292 e. The Morgan fingerprint density at radius 1 is 0.605 bits per heavy atom. The number of nitrogens with zero attached hydrogens (tertiary/aromatic N) is 7. The number of hydrogen-bond donors (Lipinski definition) is 1. The minimum Gasteiger partial charge on any atom is -0.316 e. The highest BCUT2D eigenvalue weighted by atomic mass is 35.5. The topological polar surface area (TPSA) is 106 Å². The monoisotopic (exact) mass is 518 g/mol. The zero-order valence-corrected chi connectivity index (χ0v) is 21.1. The Labute approximate surface area is 219 Å². The molecule has 38 heavy (non-hydrogen) atoms. The third kappa shape index (κ3) is 3.40. The van der Waals surface area contributed by atoms with Gasteiger partial charge in [-0.25, -0.2) is 24.9 Å².